The first-order valence-corrected chi connectivity index (χ1v) is 13.1. The second-order valence-electron chi connectivity index (χ2n) is 9.29. The van der Waals surface area contributed by atoms with Crippen LogP contribution in [0.2, 0.25) is 0 Å². The van der Waals surface area contributed by atoms with Gasteiger partial charge < -0.3 is 25.7 Å². The number of hydrogen-bond donors (Lipinski definition) is 3. The second-order valence-corrected chi connectivity index (χ2v) is 9.29. The molecule has 1 saturated carbocycles. The lowest BCUT2D eigenvalue weighted by Gasteiger charge is -2.23. The molecule has 1 atom stereocenters. The predicted octanol–water partition coefficient (Wildman–Crippen LogP) is 3.76. The molecule has 2 aromatic rings. The number of guanidine groups is 1. The molecule has 0 aliphatic heterocycles. The summed E-state index contributed by atoms with van der Waals surface area (Å²) in [7, 11) is 4.77. The molecule has 3 rings (SSSR count). The van der Waals surface area contributed by atoms with E-state index in [0.717, 1.165) is 43.4 Å². The van der Waals surface area contributed by atoms with Crippen LogP contribution in [-0.4, -0.2) is 45.1 Å². The van der Waals surface area contributed by atoms with Crippen LogP contribution in [0, 0.1) is 5.92 Å². The fraction of sp³-hybridized carbons (Fsp3) is 0.483. The Kier molecular flexibility index (Phi) is 13.0. The molecular formula is C29H42N4O5. The minimum Gasteiger partial charge on any atom is -0.497 e. The van der Waals surface area contributed by atoms with Gasteiger partial charge in [-0.05, 0) is 54.2 Å². The summed E-state index contributed by atoms with van der Waals surface area (Å²) in [5.74, 6) is 1.53. The topological polar surface area (TPSA) is 138 Å². The van der Waals surface area contributed by atoms with Crippen LogP contribution in [0.25, 0.3) is 0 Å². The Morgan fingerprint density at radius 2 is 1.66 bits per heavy atom. The standard InChI is InChI=1S/C20H30N4O4.C9H12O/c1-27-16-9-8-14(11-17(16)28-2)12-18(25)24-20(22)23-15(19(21)26)10-13-6-4-3-5-7-13;1-3-8-5-4-6-9(7-8)10-2/h8-9,11,13,15H,3-7,10,12H2,1-2H3,(H2,21,26)(H3,22,23,24,25);4-7H,3H2,1-2H3. The summed E-state index contributed by atoms with van der Waals surface area (Å²) in [5, 5.41) is 2.53. The van der Waals surface area contributed by atoms with Gasteiger partial charge in [0.05, 0.1) is 27.8 Å². The molecule has 0 radical (unpaired) electrons. The summed E-state index contributed by atoms with van der Waals surface area (Å²) in [4.78, 5) is 28.2. The number of aliphatic imine (C=N–C) groups is 1. The SMILES string of the molecule is CCc1cccc(OC)c1.COc1ccc(CC(=O)NC(N)=NC(CC2CCCCC2)C(N)=O)cc1OC. The van der Waals surface area contributed by atoms with Crippen LogP contribution >= 0.6 is 0 Å². The average molecular weight is 527 g/mol. The van der Waals surface area contributed by atoms with E-state index in [0.29, 0.717) is 23.8 Å². The highest BCUT2D eigenvalue weighted by Crippen LogP contribution is 2.28. The predicted molar refractivity (Wildman–Crippen MR) is 150 cm³/mol. The molecule has 0 aromatic heterocycles. The normalized spacial score (nSPS) is 14.5. The molecule has 208 valence electrons. The van der Waals surface area contributed by atoms with Crippen LogP contribution in [0.1, 0.15) is 56.6 Å². The number of nitrogens with two attached hydrogens (primary N) is 2. The average Bonchev–Trinajstić information content (AvgIpc) is 2.93. The Morgan fingerprint density at radius 1 is 0.947 bits per heavy atom. The number of hydrogen-bond acceptors (Lipinski definition) is 6. The number of primary amides is 1. The van der Waals surface area contributed by atoms with Gasteiger partial charge in [0.2, 0.25) is 11.8 Å². The smallest absolute Gasteiger partial charge is 0.242 e. The minimum absolute atomic E-state index is 0.0838. The number of aryl methyl sites for hydroxylation is 1. The maximum absolute atomic E-state index is 12.3. The first-order chi connectivity index (χ1) is 18.3. The Morgan fingerprint density at radius 3 is 2.26 bits per heavy atom. The monoisotopic (exact) mass is 526 g/mol. The van der Waals surface area contributed by atoms with Crippen molar-refractivity contribution < 1.29 is 23.8 Å². The van der Waals surface area contributed by atoms with Gasteiger partial charge in [0.25, 0.3) is 0 Å². The highest BCUT2D eigenvalue weighted by atomic mass is 16.5. The number of carbonyl (C=O) groups excluding carboxylic acids is 2. The molecule has 2 amide bonds. The number of carbonyl (C=O) groups is 2. The summed E-state index contributed by atoms with van der Waals surface area (Å²) in [6.07, 6.45) is 7.43. The summed E-state index contributed by atoms with van der Waals surface area (Å²) in [6, 6.07) is 12.6. The zero-order valence-corrected chi connectivity index (χ0v) is 23.0. The molecule has 1 fully saturated rings. The summed E-state index contributed by atoms with van der Waals surface area (Å²) in [6.45, 7) is 2.13. The van der Waals surface area contributed by atoms with E-state index in [4.69, 9.17) is 25.7 Å². The van der Waals surface area contributed by atoms with Crippen LogP contribution in [0.15, 0.2) is 47.5 Å². The van der Waals surface area contributed by atoms with Crippen molar-refractivity contribution in [3.05, 3.63) is 53.6 Å². The first kappa shape index (κ1) is 30.5. The van der Waals surface area contributed by atoms with Crippen LogP contribution in [-0.2, 0) is 22.4 Å². The van der Waals surface area contributed by atoms with Crippen molar-refractivity contribution in [3.63, 3.8) is 0 Å². The molecule has 0 bridgehead atoms. The number of benzene rings is 2. The van der Waals surface area contributed by atoms with Gasteiger partial charge in [-0.2, -0.15) is 0 Å². The Bertz CT molecular complexity index is 1050. The van der Waals surface area contributed by atoms with E-state index >= 15 is 0 Å². The third-order valence-electron chi connectivity index (χ3n) is 6.53. The fourth-order valence-electron chi connectivity index (χ4n) is 4.43. The van der Waals surface area contributed by atoms with Crippen molar-refractivity contribution in [2.45, 2.75) is 64.3 Å². The molecular weight excluding hydrogens is 484 g/mol. The molecule has 0 saturated heterocycles. The van der Waals surface area contributed by atoms with Crippen LogP contribution < -0.4 is 31.0 Å². The van der Waals surface area contributed by atoms with Gasteiger partial charge in [-0.15, -0.1) is 0 Å². The Balaban J connectivity index is 0.000000423. The zero-order chi connectivity index (χ0) is 27.9. The molecule has 9 heteroatoms. The lowest BCUT2D eigenvalue weighted by atomic mass is 9.85. The van der Waals surface area contributed by atoms with Crippen LogP contribution in [0.5, 0.6) is 17.2 Å². The third-order valence-corrected chi connectivity index (χ3v) is 6.53. The largest absolute Gasteiger partial charge is 0.497 e. The van der Waals surface area contributed by atoms with Gasteiger partial charge in [-0.1, -0.05) is 57.2 Å². The van der Waals surface area contributed by atoms with Crippen LogP contribution in [0.4, 0.5) is 0 Å². The van der Waals surface area contributed by atoms with E-state index < -0.39 is 11.9 Å². The Hall–Kier alpha value is -3.75. The van der Waals surface area contributed by atoms with Gasteiger partial charge in [0.15, 0.2) is 17.5 Å². The molecule has 1 unspecified atom stereocenters. The molecule has 0 heterocycles. The minimum atomic E-state index is -0.718. The fourth-order valence-corrected chi connectivity index (χ4v) is 4.43. The van der Waals surface area contributed by atoms with E-state index in [1.54, 1.807) is 32.4 Å². The molecule has 9 nitrogen and oxygen atoms in total. The van der Waals surface area contributed by atoms with Gasteiger partial charge in [0, 0.05) is 0 Å². The third kappa shape index (κ3) is 10.3. The quantitative estimate of drug-likeness (QED) is 0.318. The van der Waals surface area contributed by atoms with E-state index in [-0.39, 0.29) is 18.3 Å². The second kappa shape index (κ2) is 16.2. The summed E-state index contributed by atoms with van der Waals surface area (Å²) >= 11 is 0. The van der Waals surface area contributed by atoms with Gasteiger partial charge >= 0.3 is 0 Å². The van der Waals surface area contributed by atoms with Crippen molar-refractivity contribution in [2.75, 3.05) is 21.3 Å². The number of methoxy groups -OCH3 is 3. The highest BCUT2D eigenvalue weighted by molar-refractivity contribution is 5.98. The van der Waals surface area contributed by atoms with Crippen molar-refractivity contribution in [2.24, 2.45) is 22.4 Å². The van der Waals surface area contributed by atoms with Gasteiger partial charge in [0.1, 0.15) is 11.8 Å². The van der Waals surface area contributed by atoms with Gasteiger partial charge in [-0.3, -0.25) is 14.9 Å². The lowest BCUT2D eigenvalue weighted by Crippen LogP contribution is -2.41. The van der Waals surface area contributed by atoms with E-state index in [2.05, 4.69) is 29.4 Å². The molecule has 38 heavy (non-hydrogen) atoms. The highest BCUT2D eigenvalue weighted by Gasteiger charge is 2.23. The molecule has 0 spiro atoms. The molecule has 1 aliphatic rings. The molecule has 2 aromatic carbocycles. The van der Waals surface area contributed by atoms with E-state index in [1.165, 1.54) is 19.1 Å². The number of amides is 2. The molecule has 1 aliphatic carbocycles. The lowest BCUT2D eigenvalue weighted by molar-refractivity contribution is -0.120. The van der Waals surface area contributed by atoms with E-state index in [9.17, 15) is 9.59 Å². The number of nitrogens with zero attached hydrogens (tertiary/aromatic N) is 1. The maximum atomic E-state index is 12.3. The van der Waals surface area contributed by atoms with E-state index in [1.807, 2.05) is 12.1 Å². The van der Waals surface area contributed by atoms with Crippen molar-refractivity contribution in [3.8, 4) is 17.2 Å². The van der Waals surface area contributed by atoms with Gasteiger partial charge in [-0.25, -0.2) is 4.99 Å². The summed E-state index contributed by atoms with van der Waals surface area (Å²) < 4.78 is 15.5. The van der Waals surface area contributed by atoms with Crippen molar-refractivity contribution in [1.82, 2.24) is 5.32 Å². The summed E-state index contributed by atoms with van der Waals surface area (Å²) in [5.41, 5.74) is 13.4. The number of nitrogens with one attached hydrogen (secondary N) is 1. The number of ether oxygens (including phenoxy) is 3. The number of rotatable bonds is 10. The zero-order valence-electron chi connectivity index (χ0n) is 23.0. The van der Waals surface area contributed by atoms with Crippen molar-refractivity contribution >= 4 is 17.8 Å². The first-order valence-electron chi connectivity index (χ1n) is 13.1. The maximum Gasteiger partial charge on any atom is 0.242 e. The Labute approximate surface area is 225 Å². The molecule has 5 N–H and O–H groups in total. The van der Waals surface area contributed by atoms with Crippen LogP contribution in [0.3, 0.4) is 0 Å². The van der Waals surface area contributed by atoms with Crippen molar-refractivity contribution in [1.29, 1.82) is 0 Å².